The average molecular weight is 239 g/mol. The van der Waals surface area contributed by atoms with Crippen LogP contribution in [0.1, 0.15) is 26.7 Å². The number of nitrogens with one attached hydrogen (secondary N) is 2. The van der Waals surface area contributed by atoms with Crippen molar-refractivity contribution >= 4 is 5.91 Å². The van der Waals surface area contributed by atoms with Crippen molar-refractivity contribution in [2.24, 2.45) is 0 Å². The summed E-state index contributed by atoms with van der Waals surface area (Å²) in [5.74, 6) is 0.0528. The molecule has 2 N–H and O–H groups in total. The van der Waals surface area contributed by atoms with Gasteiger partial charge in [-0.15, -0.1) is 5.10 Å². The van der Waals surface area contributed by atoms with Crippen molar-refractivity contribution in [2.45, 2.75) is 39.3 Å². The highest BCUT2D eigenvalue weighted by Crippen LogP contribution is 1.87. The Morgan fingerprint density at radius 1 is 1.47 bits per heavy atom. The van der Waals surface area contributed by atoms with Gasteiger partial charge in [0.2, 0.25) is 5.91 Å². The van der Waals surface area contributed by atoms with Crippen molar-refractivity contribution in [1.82, 2.24) is 25.6 Å². The first-order valence-electron chi connectivity index (χ1n) is 6.09. The van der Waals surface area contributed by atoms with Crippen LogP contribution in [-0.2, 0) is 11.3 Å². The zero-order valence-corrected chi connectivity index (χ0v) is 10.5. The maximum absolute atomic E-state index is 11.6. The predicted octanol–water partition coefficient (Wildman–Crippen LogP) is 0.173. The van der Waals surface area contributed by atoms with Gasteiger partial charge < -0.3 is 10.6 Å². The topological polar surface area (TPSA) is 71.8 Å². The lowest BCUT2D eigenvalue weighted by atomic mass is 10.3. The van der Waals surface area contributed by atoms with Crippen LogP contribution in [0.15, 0.2) is 12.4 Å². The highest BCUT2D eigenvalue weighted by atomic mass is 16.2. The maximum atomic E-state index is 11.6. The molecule has 0 saturated carbocycles. The zero-order chi connectivity index (χ0) is 12.5. The SMILES string of the molecule is CCCCNC(=O)C(C)NCCn1ccnn1. The van der Waals surface area contributed by atoms with E-state index in [2.05, 4.69) is 27.9 Å². The second-order valence-electron chi connectivity index (χ2n) is 3.99. The summed E-state index contributed by atoms with van der Waals surface area (Å²) >= 11 is 0. The standard InChI is InChI=1S/C11H21N5O/c1-3-4-5-13-11(17)10(2)12-6-8-16-9-7-14-15-16/h7,9-10,12H,3-6,8H2,1-2H3,(H,13,17). The van der Waals surface area contributed by atoms with Crippen LogP contribution in [0.2, 0.25) is 0 Å². The van der Waals surface area contributed by atoms with Crippen LogP contribution in [0.3, 0.4) is 0 Å². The van der Waals surface area contributed by atoms with E-state index in [0.717, 1.165) is 19.4 Å². The molecule has 6 heteroatoms. The molecule has 0 aliphatic heterocycles. The van der Waals surface area contributed by atoms with Gasteiger partial charge in [-0.05, 0) is 13.3 Å². The van der Waals surface area contributed by atoms with E-state index in [1.807, 2.05) is 6.92 Å². The molecule has 0 aliphatic rings. The van der Waals surface area contributed by atoms with Crippen LogP contribution in [0, 0.1) is 0 Å². The fourth-order valence-electron chi connectivity index (χ4n) is 1.38. The minimum Gasteiger partial charge on any atom is -0.355 e. The number of hydrogen-bond donors (Lipinski definition) is 2. The van der Waals surface area contributed by atoms with E-state index in [0.29, 0.717) is 13.1 Å². The quantitative estimate of drug-likeness (QED) is 0.634. The van der Waals surface area contributed by atoms with Crippen molar-refractivity contribution < 1.29 is 4.79 Å². The van der Waals surface area contributed by atoms with E-state index in [1.165, 1.54) is 0 Å². The molecule has 1 aromatic rings. The Morgan fingerprint density at radius 3 is 2.94 bits per heavy atom. The summed E-state index contributed by atoms with van der Waals surface area (Å²) in [6, 6.07) is -0.171. The highest BCUT2D eigenvalue weighted by Gasteiger charge is 2.10. The number of rotatable bonds is 8. The van der Waals surface area contributed by atoms with E-state index < -0.39 is 0 Å². The number of nitrogens with zero attached hydrogens (tertiary/aromatic N) is 3. The Labute approximate surface area is 102 Å². The first kappa shape index (κ1) is 13.6. The molecule has 0 spiro atoms. The van der Waals surface area contributed by atoms with Crippen LogP contribution >= 0.6 is 0 Å². The summed E-state index contributed by atoms with van der Waals surface area (Å²) in [6.45, 7) is 6.14. The minimum absolute atomic E-state index is 0.0528. The molecule has 0 aromatic carbocycles. The van der Waals surface area contributed by atoms with Crippen molar-refractivity contribution in [1.29, 1.82) is 0 Å². The molecule has 1 amide bonds. The lowest BCUT2D eigenvalue weighted by molar-refractivity contribution is -0.122. The van der Waals surface area contributed by atoms with Gasteiger partial charge in [0.15, 0.2) is 0 Å². The summed E-state index contributed by atoms with van der Waals surface area (Å²) < 4.78 is 1.73. The van der Waals surface area contributed by atoms with Crippen molar-refractivity contribution in [2.75, 3.05) is 13.1 Å². The average Bonchev–Trinajstić information content (AvgIpc) is 2.82. The Kier molecular flexibility index (Phi) is 6.24. The third kappa shape index (κ3) is 5.44. The molecule has 1 rings (SSSR count). The molecule has 1 heterocycles. The largest absolute Gasteiger partial charge is 0.355 e. The third-order valence-electron chi connectivity index (χ3n) is 2.49. The van der Waals surface area contributed by atoms with E-state index in [9.17, 15) is 4.79 Å². The van der Waals surface area contributed by atoms with Crippen LogP contribution in [0.25, 0.3) is 0 Å². The Balaban J connectivity index is 2.11. The lowest BCUT2D eigenvalue weighted by Gasteiger charge is -2.13. The second kappa shape index (κ2) is 7.78. The van der Waals surface area contributed by atoms with E-state index in [1.54, 1.807) is 17.1 Å². The molecule has 0 fully saturated rings. The summed E-state index contributed by atoms with van der Waals surface area (Å²) in [7, 11) is 0. The summed E-state index contributed by atoms with van der Waals surface area (Å²) in [6.07, 6.45) is 5.56. The fourth-order valence-corrected chi connectivity index (χ4v) is 1.38. The van der Waals surface area contributed by atoms with Crippen LogP contribution < -0.4 is 10.6 Å². The molecule has 0 radical (unpaired) electrons. The number of unbranched alkanes of at least 4 members (excludes halogenated alkanes) is 1. The summed E-state index contributed by atoms with van der Waals surface area (Å²) in [5.41, 5.74) is 0. The molecule has 1 atom stereocenters. The monoisotopic (exact) mass is 239 g/mol. The number of carbonyl (C=O) groups excluding carboxylic acids is 1. The van der Waals surface area contributed by atoms with Gasteiger partial charge in [-0.3, -0.25) is 9.48 Å². The number of carbonyl (C=O) groups is 1. The van der Waals surface area contributed by atoms with Crippen molar-refractivity contribution in [3.05, 3.63) is 12.4 Å². The van der Waals surface area contributed by atoms with E-state index in [-0.39, 0.29) is 11.9 Å². The predicted molar refractivity (Wildman–Crippen MR) is 65.4 cm³/mol. The van der Waals surface area contributed by atoms with Crippen LogP contribution in [-0.4, -0.2) is 40.0 Å². The van der Waals surface area contributed by atoms with Gasteiger partial charge in [0.05, 0.1) is 18.8 Å². The number of hydrogen-bond acceptors (Lipinski definition) is 4. The minimum atomic E-state index is -0.171. The van der Waals surface area contributed by atoms with Gasteiger partial charge in [0, 0.05) is 19.3 Å². The van der Waals surface area contributed by atoms with E-state index in [4.69, 9.17) is 0 Å². The van der Waals surface area contributed by atoms with Gasteiger partial charge in [-0.25, -0.2) is 0 Å². The van der Waals surface area contributed by atoms with Gasteiger partial charge in [0.25, 0.3) is 0 Å². The maximum Gasteiger partial charge on any atom is 0.236 e. The lowest BCUT2D eigenvalue weighted by Crippen LogP contribution is -2.43. The first-order chi connectivity index (χ1) is 8.24. The molecule has 6 nitrogen and oxygen atoms in total. The number of aromatic nitrogens is 3. The highest BCUT2D eigenvalue weighted by molar-refractivity contribution is 5.81. The fraction of sp³-hybridized carbons (Fsp3) is 0.727. The smallest absolute Gasteiger partial charge is 0.236 e. The third-order valence-corrected chi connectivity index (χ3v) is 2.49. The summed E-state index contributed by atoms with van der Waals surface area (Å²) in [5, 5.41) is 13.6. The second-order valence-corrected chi connectivity index (χ2v) is 3.99. The normalized spacial score (nSPS) is 12.4. The molecule has 1 unspecified atom stereocenters. The molecule has 1 aromatic heterocycles. The summed E-state index contributed by atoms with van der Waals surface area (Å²) in [4.78, 5) is 11.6. The molecule has 0 bridgehead atoms. The van der Waals surface area contributed by atoms with Gasteiger partial charge >= 0.3 is 0 Å². The Morgan fingerprint density at radius 2 is 2.29 bits per heavy atom. The first-order valence-corrected chi connectivity index (χ1v) is 6.09. The van der Waals surface area contributed by atoms with E-state index >= 15 is 0 Å². The van der Waals surface area contributed by atoms with Crippen LogP contribution in [0.4, 0.5) is 0 Å². The molecule has 0 aliphatic carbocycles. The van der Waals surface area contributed by atoms with Crippen molar-refractivity contribution in [3.8, 4) is 0 Å². The van der Waals surface area contributed by atoms with Gasteiger partial charge in [0.1, 0.15) is 0 Å². The molecular formula is C11H21N5O. The van der Waals surface area contributed by atoms with Crippen LogP contribution in [0.5, 0.6) is 0 Å². The zero-order valence-electron chi connectivity index (χ0n) is 10.5. The Hall–Kier alpha value is -1.43. The Bertz CT molecular complexity index is 312. The molecular weight excluding hydrogens is 218 g/mol. The van der Waals surface area contributed by atoms with Crippen molar-refractivity contribution in [3.63, 3.8) is 0 Å². The molecule has 0 saturated heterocycles. The van der Waals surface area contributed by atoms with Gasteiger partial charge in [-0.1, -0.05) is 18.6 Å². The number of amides is 1. The molecule has 96 valence electrons. The van der Waals surface area contributed by atoms with Gasteiger partial charge in [-0.2, -0.15) is 0 Å². The molecule has 17 heavy (non-hydrogen) atoms.